The molecule has 1 heterocycles. The standard InChI is InChI=1S/C13H11F3N2O3S2/c1-17-12(19)11-6-8(7-22-11)23(20,21)18-10-5-3-2-4-9(10)13(14,15)16/h2-7,18H,1H3,(H,17,19). The summed E-state index contributed by atoms with van der Waals surface area (Å²) in [7, 11) is -2.85. The number of sulfonamides is 1. The van der Waals surface area contributed by atoms with E-state index in [1.54, 1.807) is 0 Å². The lowest BCUT2D eigenvalue weighted by Crippen LogP contribution is -2.18. The van der Waals surface area contributed by atoms with Gasteiger partial charge in [-0.3, -0.25) is 9.52 Å². The van der Waals surface area contributed by atoms with Gasteiger partial charge < -0.3 is 5.32 Å². The molecule has 0 aliphatic heterocycles. The van der Waals surface area contributed by atoms with Gasteiger partial charge in [-0.05, 0) is 18.2 Å². The van der Waals surface area contributed by atoms with Crippen molar-refractivity contribution >= 4 is 33.0 Å². The number of alkyl halides is 3. The normalized spacial score (nSPS) is 12.0. The van der Waals surface area contributed by atoms with Gasteiger partial charge in [0.05, 0.1) is 21.0 Å². The summed E-state index contributed by atoms with van der Waals surface area (Å²) in [6.07, 6.45) is -4.69. The maximum absolute atomic E-state index is 12.9. The van der Waals surface area contributed by atoms with Crippen LogP contribution in [0.4, 0.5) is 18.9 Å². The molecule has 0 aliphatic carbocycles. The summed E-state index contributed by atoms with van der Waals surface area (Å²) in [6, 6.07) is 5.35. The first-order valence-electron chi connectivity index (χ1n) is 6.15. The molecule has 2 rings (SSSR count). The number of hydrogen-bond acceptors (Lipinski definition) is 4. The molecule has 0 aliphatic rings. The number of amides is 1. The predicted octanol–water partition coefficient (Wildman–Crippen LogP) is 2.93. The van der Waals surface area contributed by atoms with Crippen molar-refractivity contribution in [1.82, 2.24) is 5.32 Å². The molecule has 0 fully saturated rings. The highest BCUT2D eigenvalue weighted by atomic mass is 32.2. The number of benzene rings is 1. The number of thiophene rings is 1. The number of nitrogens with one attached hydrogen (secondary N) is 2. The number of hydrogen-bond donors (Lipinski definition) is 2. The second-order valence-corrected chi connectivity index (χ2v) is 6.97. The van der Waals surface area contributed by atoms with Gasteiger partial charge in [-0.2, -0.15) is 13.2 Å². The predicted molar refractivity (Wildman–Crippen MR) is 80.0 cm³/mol. The third-order valence-corrected chi connectivity index (χ3v) is 5.24. The van der Waals surface area contributed by atoms with Crippen LogP contribution < -0.4 is 10.0 Å². The van der Waals surface area contributed by atoms with Crippen LogP contribution in [-0.4, -0.2) is 21.4 Å². The average Bonchev–Trinajstić information content (AvgIpc) is 2.96. The molecule has 0 spiro atoms. The minimum atomic E-state index is -4.69. The fourth-order valence-corrected chi connectivity index (χ4v) is 4.02. The van der Waals surface area contributed by atoms with E-state index in [9.17, 15) is 26.4 Å². The van der Waals surface area contributed by atoms with Gasteiger partial charge in [0, 0.05) is 12.4 Å². The second kappa shape index (κ2) is 6.20. The first kappa shape index (κ1) is 17.3. The SMILES string of the molecule is CNC(=O)c1cc(S(=O)(=O)Nc2ccccc2C(F)(F)F)cs1. The van der Waals surface area contributed by atoms with Gasteiger partial charge in [-0.15, -0.1) is 11.3 Å². The Morgan fingerprint density at radius 1 is 1.22 bits per heavy atom. The third kappa shape index (κ3) is 3.82. The van der Waals surface area contributed by atoms with E-state index in [4.69, 9.17) is 0 Å². The lowest BCUT2D eigenvalue weighted by molar-refractivity contribution is -0.136. The summed E-state index contributed by atoms with van der Waals surface area (Å²) in [6.45, 7) is 0. The van der Waals surface area contributed by atoms with Crippen molar-refractivity contribution in [3.05, 3.63) is 46.2 Å². The zero-order valence-electron chi connectivity index (χ0n) is 11.6. The van der Waals surface area contributed by atoms with E-state index in [1.165, 1.54) is 18.5 Å². The monoisotopic (exact) mass is 364 g/mol. The molecular weight excluding hydrogens is 353 g/mol. The van der Waals surface area contributed by atoms with E-state index in [2.05, 4.69) is 5.32 Å². The molecule has 124 valence electrons. The van der Waals surface area contributed by atoms with Crippen LogP contribution in [0, 0.1) is 0 Å². The van der Waals surface area contributed by atoms with Crippen LogP contribution in [0.2, 0.25) is 0 Å². The van der Waals surface area contributed by atoms with Crippen LogP contribution in [0.1, 0.15) is 15.2 Å². The van der Waals surface area contributed by atoms with Crippen LogP contribution in [-0.2, 0) is 16.2 Å². The molecule has 0 saturated carbocycles. The molecule has 0 radical (unpaired) electrons. The summed E-state index contributed by atoms with van der Waals surface area (Å²) < 4.78 is 65.0. The number of carbonyl (C=O) groups excluding carboxylic acids is 1. The van der Waals surface area contributed by atoms with Gasteiger partial charge in [0.15, 0.2) is 0 Å². The molecule has 1 aromatic heterocycles. The van der Waals surface area contributed by atoms with Gasteiger partial charge in [0.25, 0.3) is 15.9 Å². The zero-order chi connectivity index (χ0) is 17.3. The van der Waals surface area contributed by atoms with E-state index in [1.807, 2.05) is 4.72 Å². The minimum absolute atomic E-state index is 0.136. The molecule has 0 atom stereocenters. The average molecular weight is 364 g/mol. The third-order valence-electron chi connectivity index (χ3n) is 2.81. The molecule has 0 bridgehead atoms. The van der Waals surface area contributed by atoms with E-state index in [0.717, 1.165) is 35.6 Å². The maximum Gasteiger partial charge on any atom is 0.418 e. The van der Waals surface area contributed by atoms with E-state index in [-0.39, 0.29) is 9.77 Å². The number of halogens is 3. The first-order valence-corrected chi connectivity index (χ1v) is 8.51. The van der Waals surface area contributed by atoms with Gasteiger partial charge >= 0.3 is 6.18 Å². The van der Waals surface area contributed by atoms with Crippen LogP contribution in [0.3, 0.4) is 0 Å². The summed E-state index contributed by atoms with van der Waals surface area (Å²) >= 11 is 0.876. The Bertz CT molecular complexity index is 829. The fourth-order valence-electron chi connectivity index (χ4n) is 1.72. The highest BCUT2D eigenvalue weighted by Crippen LogP contribution is 2.35. The Morgan fingerprint density at radius 3 is 2.48 bits per heavy atom. The molecule has 23 heavy (non-hydrogen) atoms. The number of anilines is 1. The zero-order valence-corrected chi connectivity index (χ0v) is 13.3. The second-order valence-electron chi connectivity index (χ2n) is 4.37. The van der Waals surface area contributed by atoms with Crippen LogP contribution in [0.25, 0.3) is 0 Å². The highest BCUT2D eigenvalue weighted by molar-refractivity contribution is 7.92. The number of para-hydroxylation sites is 1. The van der Waals surface area contributed by atoms with Crippen LogP contribution in [0.15, 0.2) is 40.6 Å². The maximum atomic E-state index is 12.9. The number of carbonyl (C=O) groups is 1. The Balaban J connectivity index is 2.36. The topological polar surface area (TPSA) is 75.3 Å². The first-order chi connectivity index (χ1) is 10.6. The van der Waals surface area contributed by atoms with Crippen LogP contribution >= 0.6 is 11.3 Å². The van der Waals surface area contributed by atoms with Gasteiger partial charge in [-0.25, -0.2) is 8.42 Å². The summed E-state index contributed by atoms with van der Waals surface area (Å²) in [5.41, 5.74) is -1.67. The van der Waals surface area contributed by atoms with E-state index < -0.39 is 33.4 Å². The molecule has 2 aromatic rings. The summed E-state index contributed by atoms with van der Waals surface area (Å²) in [5, 5.41) is 3.52. The smallest absolute Gasteiger partial charge is 0.354 e. The van der Waals surface area contributed by atoms with Gasteiger partial charge in [0.2, 0.25) is 0 Å². The molecule has 0 unspecified atom stereocenters. The fraction of sp³-hybridized carbons (Fsp3) is 0.154. The quantitative estimate of drug-likeness (QED) is 0.876. The molecule has 1 aromatic carbocycles. The lowest BCUT2D eigenvalue weighted by Gasteiger charge is -2.14. The van der Waals surface area contributed by atoms with Gasteiger partial charge in [-0.1, -0.05) is 12.1 Å². The van der Waals surface area contributed by atoms with Crippen LogP contribution in [0.5, 0.6) is 0 Å². The Kier molecular flexibility index (Phi) is 4.66. The molecule has 2 N–H and O–H groups in total. The van der Waals surface area contributed by atoms with Crippen molar-refractivity contribution < 1.29 is 26.4 Å². The summed E-state index contributed by atoms with van der Waals surface area (Å²) in [4.78, 5) is 11.3. The Labute approximate surface area is 134 Å². The Hall–Kier alpha value is -2.07. The lowest BCUT2D eigenvalue weighted by atomic mass is 10.2. The van der Waals surface area contributed by atoms with Crippen molar-refractivity contribution in [2.75, 3.05) is 11.8 Å². The van der Waals surface area contributed by atoms with Crippen molar-refractivity contribution in [3.63, 3.8) is 0 Å². The van der Waals surface area contributed by atoms with Crippen molar-refractivity contribution in [2.24, 2.45) is 0 Å². The molecule has 1 amide bonds. The summed E-state index contributed by atoms with van der Waals surface area (Å²) in [5.74, 6) is -0.479. The molecule has 5 nitrogen and oxygen atoms in total. The Morgan fingerprint density at radius 2 is 1.87 bits per heavy atom. The van der Waals surface area contributed by atoms with E-state index in [0.29, 0.717) is 0 Å². The largest absolute Gasteiger partial charge is 0.418 e. The molecular formula is C13H11F3N2O3S2. The number of rotatable bonds is 4. The van der Waals surface area contributed by atoms with Crippen molar-refractivity contribution in [1.29, 1.82) is 0 Å². The van der Waals surface area contributed by atoms with Crippen molar-refractivity contribution in [3.8, 4) is 0 Å². The highest BCUT2D eigenvalue weighted by Gasteiger charge is 2.34. The molecule has 0 saturated heterocycles. The minimum Gasteiger partial charge on any atom is -0.354 e. The van der Waals surface area contributed by atoms with Gasteiger partial charge in [0.1, 0.15) is 0 Å². The molecule has 10 heteroatoms. The van der Waals surface area contributed by atoms with Crippen molar-refractivity contribution in [2.45, 2.75) is 11.1 Å². The van der Waals surface area contributed by atoms with E-state index >= 15 is 0 Å².